The fourth-order valence-corrected chi connectivity index (χ4v) is 12.9. The Balaban J connectivity index is 0.000000889. The van der Waals surface area contributed by atoms with E-state index >= 15 is 0 Å². The quantitative estimate of drug-likeness (QED) is 0.199. The summed E-state index contributed by atoms with van der Waals surface area (Å²) in [5.41, 5.74) is 4.80. The predicted molar refractivity (Wildman–Crippen MR) is 207 cm³/mol. The van der Waals surface area contributed by atoms with Gasteiger partial charge < -0.3 is 15.7 Å². The van der Waals surface area contributed by atoms with Gasteiger partial charge in [-0.05, 0) is 139 Å². The molecule has 1 saturated heterocycles. The van der Waals surface area contributed by atoms with Crippen LogP contribution in [0.5, 0.6) is 0 Å². The number of carboxylic acids is 1. The second-order valence-corrected chi connectivity index (χ2v) is 17.3. The second-order valence-electron chi connectivity index (χ2n) is 17.3. The second kappa shape index (κ2) is 15.7. The van der Waals surface area contributed by atoms with Gasteiger partial charge in [0.2, 0.25) is 0 Å². The first-order chi connectivity index (χ1) is 23.5. The van der Waals surface area contributed by atoms with Crippen molar-refractivity contribution >= 4 is 11.5 Å². The summed E-state index contributed by atoms with van der Waals surface area (Å²) in [6.45, 7) is 28.2. The number of fused-ring (bicyclic) bond motifs is 7. The Kier molecular flexibility index (Phi) is 12.3. The Morgan fingerprint density at radius 3 is 2.33 bits per heavy atom. The van der Waals surface area contributed by atoms with Gasteiger partial charge in [-0.2, -0.15) is 0 Å². The molecule has 5 nitrogen and oxygen atoms in total. The molecule has 9 atom stereocenters. The third kappa shape index (κ3) is 6.87. The topological polar surface area (TPSA) is 64.6 Å². The summed E-state index contributed by atoms with van der Waals surface area (Å²) in [4.78, 5) is 14.1. The van der Waals surface area contributed by atoms with Crippen molar-refractivity contribution in [2.75, 3.05) is 45.8 Å². The first-order valence-electron chi connectivity index (χ1n) is 20.3. The van der Waals surface area contributed by atoms with E-state index in [4.69, 9.17) is 0 Å². The maximum Gasteiger partial charge on any atom is 0.335 e. The summed E-state index contributed by atoms with van der Waals surface area (Å²) in [6, 6.07) is 7.66. The largest absolute Gasteiger partial charge is 0.478 e. The molecule has 1 heterocycles. The minimum atomic E-state index is -0.842. The highest BCUT2D eigenvalue weighted by atomic mass is 16.4. The minimum absolute atomic E-state index is 0.348. The first kappa shape index (κ1) is 38.3. The number of hydrogen-bond donors (Lipinski definition) is 3. The van der Waals surface area contributed by atoms with E-state index in [9.17, 15) is 9.90 Å². The average molecular weight is 674 g/mol. The van der Waals surface area contributed by atoms with Gasteiger partial charge in [0, 0.05) is 45.8 Å². The summed E-state index contributed by atoms with van der Waals surface area (Å²) in [6.07, 6.45) is 18.3. The monoisotopic (exact) mass is 674 g/mol. The number of allylic oxidation sites excluding steroid dienone is 3. The van der Waals surface area contributed by atoms with Crippen molar-refractivity contribution in [2.45, 2.75) is 113 Å². The van der Waals surface area contributed by atoms with Crippen molar-refractivity contribution < 1.29 is 9.90 Å². The van der Waals surface area contributed by atoms with Gasteiger partial charge in [0.15, 0.2) is 0 Å². The molecular weight excluding hydrogens is 603 g/mol. The molecule has 0 spiro atoms. The third-order valence-corrected chi connectivity index (χ3v) is 15.5. The zero-order chi connectivity index (χ0) is 35.5. The molecule has 1 aromatic rings. The molecule has 0 radical (unpaired) electrons. The Bertz CT molecular complexity index is 1300. The fourth-order valence-electron chi connectivity index (χ4n) is 12.9. The Morgan fingerprint density at radius 1 is 0.959 bits per heavy atom. The Morgan fingerprint density at radius 2 is 1.65 bits per heavy atom. The summed E-state index contributed by atoms with van der Waals surface area (Å²) in [5, 5.41) is 16.9. The van der Waals surface area contributed by atoms with Crippen LogP contribution in [0.1, 0.15) is 129 Å². The minimum Gasteiger partial charge on any atom is -0.478 e. The van der Waals surface area contributed by atoms with Crippen LogP contribution in [-0.4, -0.2) is 61.8 Å². The van der Waals surface area contributed by atoms with Crippen molar-refractivity contribution in [1.29, 1.82) is 0 Å². The summed E-state index contributed by atoms with van der Waals surface area (Å²) in [5.74, 6) is 2.95. The maximum absolute atomic E-state index is 11.4. The van der Waals surface area contributed by atoms with Crippen LogP contribution in [0, 0.1) is 51.2 Å². The van der Waals surface area contributed by atoms with Crippen LogP contribution in [-0.2, 0) is 0 Å². The van der Waals surface area contributed by atoms with Crippen molar-refractivity contribution in [3.8, 4) is 0 Å². The van der Waals surface area contributed by atoms with Gasteiger partial charge in [-0.1, -0.05) is 72.2 Å². The number of piperazine rings is 1. The molecule has 274 valence electrons. The van der Waals surface area contributed by atoms with E-state index in [2.05, 4.69) is 55.9 Å². The molecule has 7 rings (SSSR count). The number of carboxylic acid groups (broad SMARTS) is 1. The van der Waals surface area contributed by atoms with E-state index in [1.807, 2.05) is 32.9 Å². The summed E-state index contributed by atoms with van der Waals surface area (Å²) >= 11 is 0. The molecular formula is C44H71N3O2. The first-order valence-corrected chi connectivity index (χ1v) is 20.3. The molecule has 0 bridgehead atoms. The number of hydrogen-bond acceptors (Lipinski definition) is 4. The lowest BCUT2D eigenvalue weighted by atomic mass is 9.33. The fraction of sp³-hybridized carbons (Fsp3) is 0.750. The van der Waals surface area contributed by atoms with Gasteiger partial charge in [-0.3, -0.25) is 4.90 Å². The Hall–Kier alpha value is -1.95. The van der Waals surface area contributed by atoms with Crippen LogP contribution in [0.4, 0.5) is 0 Å². The van der Waals surface area contributed by atoms with Crippen LogP contribution in [0.25, 0.3) is 5.57 Å². The van der Waals surface area contributed by atoms with Gasteiger partial charge in [0.1, 0.15) is 0 Å². The highest BCUT2D eigenvalue weighted by molar-refractivity contribution is 5.88. The zero-order valence-corrected chi connectivity index (χ0v) is 32.4. The van der Waals surface area contributed by atoms with Gasteiger partial charge in [0.05, 0.1) is 5.56 Å². The number of rotatable bonds is 7. The van der Waals surface area contributed by atoms with E-state index in [0.29, 0.717) is 39.1 Å². The van der Waals surface area contributed by atoms with Crippen LogP contribution in [0.2, 0.25) is 0 Å². The highest BCUT2D eigenvalue weighted by Crippen LogP contribution is 2.76. The van der Waals surface area contributed by atoms with Gasteiger partial charge >= 0.3 is 5.97 Å². The molecule has 3 N–H and O–H groups in total. The molecule has 5 fully saturated rings. The number of nitrogens with one attached hydrogen (secondary N) is 2. The molecule has 6 aliphatic rings. The molecule has 0 amide bonds. The average Bonchev–Trinajstić information content (AvgIpc) is 3.53. The van der Waals surface area contributed by atoms with Crippen LogP contribution in [0.15, 0.2) is 43.0 Å². The number of aromatic carboxylic acids is 1. The predicted octanol–water partition coefficient (Wildman–Crippen LogP) is 9.56. The van der Waals surface area contributed by atoms with E-state index < -0.39 is 5.97 Å². The molecule has 1 aromatic carbocycles. The summed E-state index contributed by atoms with van der Waals surface area (Å²) in [7, 11) is 0. The van der Waals surface area contributed by atoms with E-state index in [-0.39, 0.29) is 0 Å². The standard InChI is InChI=1S/C39H59N3O2.C3H6.C2H6/c1-27-30(28-7-9-29(10-8-28)35(43)44)13-16-36(2)31(27)14-17-38(4)34(36)12-11-32-33-6-5-15-39(33,19-18-37(32,38)3)26-41-22-25-42-23-20-40-21-24-42;1-3-2;1-2/h7-10,13,27,31-34,40-41H,5-6,11-12,14-26H2,1-4H3,(H,43,44);3H,1H2,2H3;1-2H3/t27?,31?,32?,33?,34?,36?,37-,38?,39?;;/m1../s1. The number of nitrogens with zero attached hydrogens (tertiary/aromatic N) is 1. The molecule has 8 unspecified atom stereocenters. The molecule has 5 aliphatic carbocycles. The lowest BCUT2D eigenvalue weighted by molar-refractivity contribution is -0.217. The summed E-state index contributed by atoms with van der Waals surface area (Å²) < 4.78 is 0. The van der Waals surface area contributed by atoms with Crippen molar-refractivity contribution in [1.82, 2.24) is 15.5 Å². The van der Waals surface area contributed by atoms with E-state index in [1.54, 1.807) is 18.2 Å². The van der Waals surface area contributed by atoms with Gasteiger partial charge in [-0.15, -0.1) is 6.58 Å². The maximum atomic E-state index is 11.4. The van der Waals surface area contributed by atoms with Crippen LogP contribution >= 0.6 is 0 Å². The van der Waals surface area contributed by atoms with Crippen LogP contribution < -0.4 is 10.6 Å². The third-order valence-electron chi connectivity index (χ3n) is 15.5. The molecule has 4 saturated carbocycles. The number of carbonyl (C=O) groups is 1. The Labute approximate surface area is 300 Å². The SMILES string of the molecule is C=CC.CC.CC1C(c2ccc(C(=O)O)cc2)=CCC2(C)C1CCC1(C)C2CCC2C3CCCC3(CNCCN3CCNCC3)CC[C@]21C. The van der Waals surface area contributed by atoms with E-state index in [1.165, 1.54) is 102 Å². The lowest BCUT2D eigenvalue weighted by Gasteiger charge is -2.71. The van der Waals surface area contributed by atoms with Gasteiger partial charge in [0.25, 0.3) is 0 Å². The van der Waals surface area contributed by atoms with Crippen molar-refractivity contribution in [3.05, 3.63) is 54.1 Å². The van der Waals surface area contributed by atoms with E-state index in [0.717, 1.165) is 37.4 Å². The number of benzene rings is 1. The molecule has 1 aliphatic heterocycles. The van der Waals surface area contributed by atoms with Crippen molar-refractivity contribution in [3.63, 3.8) is 0 Å². The van der Waals surface area contributed by atoms with Gasteiger partial charge in [-0.25, -0.2) is 4.79 Å². The van der Waals surface area contributed by atoms with Crippen molar-refractivity contribution in [2.24, 2.45) is 51.2 Å². The lowest BCUT2D eigenvalue weighted by Crippen LogP contribution is -2.64. The highest BCUT2D eigenvalue weighted by Gasteiger charge is 2.68. The zero-order valence-electron chi connectivity index (χ0n) is 32.4. The van der Waals surface area contributed by atoms with Crippen LogP contribution in [0.3, 0.4) is 0 Å². The molecule has 49 heavy (non-hydrogen) atoms. The normalized spacial score (nSPS) is 39.7. The molecule has 0 aromatic heterocycles. The molecule has 5 heteroatoms. The smallest absolute Gasteiger partial charge is 0.335 e.